The second-order valence-corrected chi connectivity index (χ2v) is 4.93. The summed E-state index contributed by atoms with van der Waals surface area (Å²) in [5, 5.41) is 10.9. The SMILES string of the molecule is C[C@@H](Oc1ccc(C#N)cc1)C(=O)Nc1ccccc1C(F)(F)F. The number of halogens is 3. The van der Waals surface area contributed by atoms with E-state index in [1.54, 1.807) is 0 Å². The number of hydrogen-bond acceptors (Lipinski definition) is 3. The van der Waals surface area contributed by atoms with Gasteiger partial charge >= 0.3 is 6.18 Å². The minimum absolute atomic E-state index is 0.328. The lowest BCUT2D eigenvalue weighted by atomic mass is 10.1. The van der Waals surface area contributed by atoms with Crippen molar-refractivity contribution in [3.8, 4) is 11.8 Å². The van der Waals surface area contributed by atoms with E-state index in [0.29, 0.717) is 11.3 Å². The molecule has 0 spiro atoms. The standard InChI is InChI=1S/C17H13F3N2O2/c1-11(24-13-8-6-12(10-21)7-9-13)16(23)22-15-5-3-2-4-14(15)17(18,19)20/h2-9,11H,1H3,(H,22,23)/t11-/m1/s1. The van der Waals surface area contributed by atoms with Crippen molar-refractivity contribution in [2.45, 2.75) is 19.2 Å². The number of carbonyl (C=O) groups is 1. The summed E-state index contributed by atoms with van der Waals surface area (Å²) in [6.07, 6.45) is -5.58. The lowest BCUT2D eigenvalue weighted by molar-refractivity contribution is -0.137. The van der Waals surface area contributed by atoms with Gasteiger partial charge in [0, 0.05) is 0 Å². The van der Waals surface area contributed by atoms with Gasteiger partial charge in [-0.2, -0.15) is 18.4 Å². The van der Waals surface area contributed by atoms with Crippen LogP contribution in [0.25, 0.3) is 0 Å². The largest absolute Gasteiger partial charge is 0.481 e. The molecule has 0 heterocycles. The van der Waals surface area contributed by atoms with Crippen LogP contribution in [0.1, 0.15) is 18.1 Å². The van der Waals surface area contributed by atoms with Crippen LogP contribution in [0.2, 0.25) is 0 Å². The molecule has 0 bridgehead atoms. The first kappa shape index (κ1) is 17.3. The third-order valence-corrected chi connectivity index (χ3v) is 3.16. The molecular weight excluding hydrogens is 321 g/mol. The number of carbonyl (C=O) groups excluding carboxylic acids is 1. The summed E-state index contributed by atoms with van der Waals surface area (Å²) in [6, 6.07) is 12.7. The molecule has 2 aromatic rings. The number of anilines is 1. The number of rotatable bonds is 4. The summed E-state index contributed by atoms with van der Waals surface area (Å²) in [6.45, 7) is 1.42. The van der Waals surface area contributed by atoms with Crippen LogP contribution in [0.4, 0.5) is 18.9 Å². The maximum atomic E-state index is 12.9. The number of nitrogens with one attached hydrogen (secondary N) is 1. The predicted molar refractivity (Wildman–Crippen MR) is 81.3 cm³/mol. The highest BCUT2D eigenvalue weighted by Crippen LogP contribution is 2.34. The molecule has 24 heavy (non-hydrogen) atoms. The zero-order chi connectivity index (χ0) is 17.7. The summed E-state index contributed by atoms with van der Waals surface area (Å²) in [5.74, 6) is -0.378. The molecular formula is C17H13F3N2O2. The average molecular weight is 334 g/mol. The monoisotopic (exact) mass is 334 g/mol. The van der Waals surface area contributed by atoms with E-state index in [-0.39, 0.29) is 5.69 Å². The maximum Gasteiger partial charge on any atom is 0.418 e. The van der Waals surface area contributed by atoms with E-state index in [2.05, 4.69) is 5.32 Å². The van der Waals surface area contributed by atoms with Crippen molar-refractivity contribution in [2.24, 2.45) is 0 Å². The highest BCUT2D eigenvalue weighted by molar-refractivity contribution is 5.94. The Morgan fingerprint density at radius 3 is 2.38 bits per heavy atom. The van der Waals surface area contributed by atoms with Gasteiger partial charge in [-0.25, -0.2) is 0 Å². The molecule has 1 atom stereocenters. The number of hydrogen-bond donors (Lipinski definition) is 1. The number of benzene rings is 2. The van der Waals surface area contributed by atoms with Crippen LogP contribution in [-0.2, 0) is 11.0 Å². The van der Waals surface area contributed by atoms with Crippen molar-refractivity contribution in [2.75, 3.05) is 5.32 Å². The zero-order valence-electron chi connectivity index (χ0n) is 12.6. The molecule has 1 N–H and O–H groups in total. The fourth-order valence-electron chi connectivity index (χ4n) is 1.94. The second kappa shape index (κ2) is 7.04. The molecule has 2 aromatic carbocycles. The van der Waals surface area contributed by atoms with E-state index in [0.717, 1.165) is 6.07 Å². The molecule has 2 rings (SSSR count). The van der Waals surface area contributed by atoms with Crippen LogP contribution in [0.3, 0.4) is 0 Å². The summed E-state index contributed by atoms with van der Waals surface area (Å²) in [5.41, 5.74) is -0.826. The van der Waals surface area contributed by atoms with E-state index in [1.807, 2.05) is 6.07 Å². The van der Waals surface area contributed by atoms with Gasteiger partial charge < -0.3 is 10.1 Å². The minimum atomic E-state index is -4.57. The predicted octanol–water partition coefficient (Wildman–Crippen LogP) is 3.98. The highest BCUT2D eigenvalue weighted by atomic mass is 19.4. The smallest absolute Gasteiger partial charge is 0.418 e. The van der Waals surface area contributed by atoms with Crippen molar-refractivity contribution in [1.82, 2.24) is 0 Å². The second-order valence-electron chi connectivity index (χ2n) is 4.93. The van der Waals surface area contributed by atoms with Crippen LogP contribution in [-0.4, -0.2) is 12.0 Å². The van der Waals surface area contributed by atoms with Crippen LogP contribution >= 0.6 is 0 Å². The lowest BCUT2D eigenvalue weighted by Gasteiger charge is -2.17. The molecule has 0 saturated heterocycles. The summed E-state index contributed by atoms with van der Waals surface area (Å²) < 4.78 is 44.1. The Labute approximate surface area is 136 Å². The number of nitrogens with zero attached hydrogens (tertiary/aromatic N) is 1. The van der Waals surface area contributed by atoms with E-state index in [4.69, 9.17) is 10.00 Å². The third-order valence-electron chi connectivity index (χ3n) is 3.16. The van der Waals surface area contributed by atoms with Gasteiger partial charge in [0.05, 0.1) is 22.9 Å². The molecule has 0 unspecified atom stereocenters. The first-order valence-electron chi connectivity index (χ1n) is 6.95. The fourth-order valence-corrected chi connectivity index (χ4v) is 1.94. The topological polar surface area (TPSA) is 62.1 Å². The number of amides is 1. The Bertz CT molecular complexity index is 765. The minimum Gasteiger partial charge on any atom is -0.481 e. The number of ether oxygens (including phenoxy) is 1. The van der Waals surface area contributed by atoms with Crippen LogP contribution in [0.15, 0.2) is 48.5 Å². The van der Waals surface area contributed by atoms with Crippen LogP contribution < -0.4 is 10.1 Å². The van der Waals surface area contributed by atoms with Gasteiger partial charge in [0.2, 0.25) is 0 Å². The zero-order valence-corrected chi connectivity index (χ0v) is 12.6. The molecule has 7 heteroatoms. The van der Waals surface area contributed by atoms with Gasteiger partial charge in [0.1, 0.15) is 5.75 Å². The molecule has 4 nitrogen and oxygen atoms in total. The van der Waals surface area contributed by atoms with E-state index in [9.17, 15) is 18.0 Å². The molecule has 0 radical (unpaired) electrons. The van der Waals surface area contributed by atoms with Crippen molar-refractivity contribution in [1.29, 1.82) is 5.26 Å². The summed E-state index contributed by atoms with van der Waals surface area (Å²) >= 11 is 0. The average Bonchev–Trinajstić information content (AvgIpc) is 2.55. The Kier molecular flexibility index (Phi) is 5.09. The van der Waals surface area contributed by atoms with Gasteiger partial charge in [-0.3, -0.25) is 4.79 Å². The molecule has 0 aromatic heterocycles. The molecule has 0 aliphatic rings. The van der Waals surface area contributed by atoms with Crippen molar-refractivity contribution in [3.63, 3.8) is 0 Å². The van der Waals surface area contributed by atoms with Crippen molar-refractivity contribution >= 4 is 11.6 Å². The molecule has 124 valence electrons. The van der Waals surface area contributed by atoms with Crippen LogP contribution in [0, 0.1) is 11.3 Å². The van der Waals surface area contributed by atoms with Gasteiger partial charge in [0.15, 0.2) is 6.10 Å². The Balaban J connectivity index is 2.08. The number of nitriles is 1. The maximum absolute atomic E-state index is 12.9. The summed E-state index contributed by atoms with van der Waals surface area (Å²) in [7, 11) is 0. The van der Waals surface area contributed by atoms with E-state index >= 15 is 0 Å². The first-order valence-corrected chi connectivity index (χ1v) is 6.95. The summed E-state index contributed by atoms with van der Waals surface area (Å²) in [4.78, 5) is 12.1. The molecule has 0 aliphatic heterocycles. The first-order chi connectivity index (χ1) is 11.3. The van der Waals surface area contributed by atoms with Gasteiger partial charge in [-0.05, 0) is 43.3 Å². The van der Waals surface area contributed by atoms with Gasteiger partial charge in [-0.15, -0.1) is 0 Å². The van der Waals surface area contributed by atoms with E-state index < -0.39 is 23.8 Å². The lowest BCUT2D eigenvalue weighted by Crippen LogP contribution is -2.31. The molecule has 0 saturated carbocycles. The fraction of sp³-hybridized carbons (Fsp3) is 0.176. The van der Waals surface area contributed by atoms with Gasteiger partial charge in [-0.1, -0.05) is 12.1 Å². The Morgan fingerprint density at radius 1 is 1.17 bits per heavy atom. The third kappa shape index (κ3) is 4.26. The number of alkyl halides is 3. The van der Waals surface area contributed by atoms with Crippen molar-refractivity contribution < 1.29 is 22.7 Å². The quantitative estimate of drug-likeness (QED) is 0.920. The van der Waals surface area contributed by atoms with Crippen molar-refractivity contribution in [3.05, 3.63) is 59.7 Å². The molecule has 0 fully saturated rings. The van der Waals surface area contributed by atoms with E-state index in [1.165, 1.54) is 49.4 Å². The Morgan fingerprint density at radius 2 is 1.79 bits per heavy atom. The Hall–Kier alpha value is -3.01. The molecule has 1 amide bonds. The van der Waals surface area contributed by atoms with Crippen LogP contribution in [0.5, 0.6) is 5.75 Å². The van der Waals surface area contributed by atoms with Gasteiger partial charge in [0.25, 0.3) is 5.91 Å². The highest BCUT2D eigenvalue weighted by Gasteiger charge is 2.33. The molecule has 0 aliphatic carbocycles. The number of para-hydroxylation sites is 1. The normalized spacial score (nSPS) is 12.1.